The minimum atomic E-state index is -1.19. The highest BCUT2D eigenvalue weighted by Gasteiger charge is 2.22. The Morgan fingerprint density at radius 2 is 2.05 bits per heavy atom. The molecule has 4 nitrogen and oxygen atoms in total. The van der Waals surface area contributed by atoms with Crippen molar-refractivity contribution in [2.75, 3.05) is 11.9 Å². The predicted molar refractivity (Wildman–Crippen MR) is 74.8 cm³/mol. The molecule has 0 aromatic heterocycles. The van der Waals surface area contributed by atoms with Crippen LogP contribution in [0.25, 0.3) is 0 Å². The zero-order chi connectivity index (χ0) is 15.1. The molecule has 0 aliphatic carbocycles. The minimum absolute atomic E-state index is 0.289. The molecule has 0 saturated heterocycles. The molecule has 0 saturated carbocycles. The Labute approximate surface area is 117 Å². The van der Waals surface area contributed by atoms with Crippen molar-refractivity contribution < 1.29 is 13.7 Å². The number of nitrogens with one attached hydrogen (secondary N) is 1. The van der Waals surface area contributed by atoms with E-state index in [4.69, 9.17) is 0 Å². The standard InChI is InChI=1S/C14H20F2N2O2/c1-3-5-6-10(4-2)9-17-14-12(18(19)20)8-7-11(15)13(14)16/h7-8,10,17H,3-6,9H2,1-2H3. The maximum atomic E-state index is 13.7. The summed E-state index contributed by atoms with van der Waals surface area (Å²) in [7, 11) is 0. The Morgan fingerprint density at radius 3 is 2.60 bits per heavy atom. The third-order valence-electron chi connectivity index (χ3n) is 3.38. The Morgan fingerprint density at radius 1 is 1.35 bits per heavy atom. The summed E-state index contributed by atoms with van der Waals surface area (Å²) in [6, 6.07) is 1.75. The third kappa shape index (κ3) is 4.15. The summed E-state index contributed by atoms with van der Waals surface area (Å²) in [5, 5.41) is 13.6. The van der Waals surface area contributed by atoms with Crippen LogP contribution in [0.15, 0.2) is 12.1 Å². The molecular formula is C14H20F2N2O2. The zero-order valence-corrected chi connectivity index (χ0v) is 11.8. The van der Waals surface area contributed by atoms with Crippen molar-refractivity contribution in [2.45, 2.75) is 39.5 Å². The number of nitro groups is 1. The molecule has 0 radical (unpaired) electrons. The maximum absolute atomic E-state index is 13.7. The molecule has 1 aromatic carbocycles. The smallest absolute Gasteiger partial charge is 0.295 e. The summed E-state index contributed by atoms with van der Waals surface area (Å²) in [6.07, 6.45) is 3.96. The van der Waals surface area contributed by atoms with E-state index in [-0.39, 0.29) is 11.6 Å². The van der Waals surface area contributed by atoms with Crippen LogP contribution in [0.3, 0.4) is 0 Å². The van der Waals surface area contributed by atoms with Crippen molar-refractivity contribution in [2.24, 2.45) is 5.92 Å². The molecule has 112 valence electrons. The van der Waals surface area contributed by atoms with Gasteiger partial charge >= 0.3 is 0 Å². The lowest BCUT2D eigenvalue weighted by Crippen LogP contribution is -2.16. The van der Waals surface area contributed by atoms with Crippen molar-refractivity contribution in [1.29, 1.82) is 0 Å². The number of halogens is 2. The van der Waals surface area contributed by atoms with Crippen LogP contribution >= 0.6 is 0 Å². The van der Waals surface area contributed by atoms with Gasteiger partial charge in [-0.05, 0) is 18.4 Å². The van der Waals surface area contributed by atoms with Gasteiger partial charge in [-0.1, -0.05) is 33.1 Å². The van der Waals surface area contributed by atoms with Gasteiger partial charge in [0.2, 0.25) is 0 Å². The summed E-state index contributed by atoms with van der Waals surface area (Å²) in [5.41, 5.74) is -0.792. The Hall–Kier alpha value is -1.72. The molecule has 0 amide bonds. The van der Waals surface area contributed by atoms with Crippen LogP contribution in [-0.2, 0) is 0 Å². The van der Waals surface area contributed by atoms with Crippen molar-refractivity contribution in [3.8, 4) is 0 Å². The van der Waals surface area contributed by atoms with E-state index in [0.717, 1.165) is 37.8 Å². The lowest BCUT2D eigenvalue weighted by molar-refractivity contribution is -0.384. The Bertz CT molecular complexity index is 467. The van der Waals surface area contributed by atoms with Crippen LogP contribution in [0.2, 0.25) is 0 Å². The summed E-state index contributed by atoms with van der Waals surface area (Å²) in [6.45, 7) is 4.49. The van der Waals surface area contributed by atoms with Gasteiger partial charge in [0.1, 0.15) is 0 Å². The fourth-order valence-corrected chi connectivity index (χ4v) is 2.05. The van der Waals surface area contributed by atoms with E-state index >= 15 is 0 Å². The van der Waals surface area contributed by atoms with E-state index in [1.807, 2.05) is 6.92 Å². The first kappa shape index (κ1) is 16.3. The summed E-state index contributed by atoms with van der Waals surface area (Å²) >= 11 is 0. The molecule has 0 aliphatic rings. The maximum Gasteiger partial charge on any atom is 0.295 e. The van der Waals surface area contributed by atoms with Gasteiger partial charge in [-0.25, -0.2) is 8.78 Å². The van der Waals surface area contributed by atoms with Crippen LogP contribution < -0.4 is 5.32 Å². The summed E-state index contributed by atoms with van der Waals surface area (Å²) in [4.78, 5) is 10.1. The van der Waals surface area contributed by atoms with Gasteiger partial charge in [-0.3, -0.25) is 10.1 Å². The van der Waals surface area contributed by atoms with Gasteiger partial charge in [0.25, 0.3) is 5.69 Å². The SMILES string of the molecule is CCCCC(CC)CNc1c([N+](=O)[O-])ccc(F)c1F. The third-order valence-corrected chi connectivity index (χ3v) is 3.38. The first-order valence-electron chi connectivity index (χ1n) is 6.87. The topological polar surface area (TPSA) is 55.2 Å². The van der Waals surface area contributed by atoms with Gasteiger partial charge in [-0.15, -0.1) is 0 Å². The lowest BCUT2D eigenvalue weighted by Gasteiger charge is -2.16. The van der Waals surface area contributed by atoms with Crippen molar-refractivity contribution >= 4 is 11.4 Å². The van der Waals surface area contributed by atoms with Crippen LogP contribution in [0.5, 0.6) is 0 Å². The summed E-state index contributed by atoms with van der Waals surface area (Å²) in [5.74, 6) is -1.98. The normalized spacial score (nSPS) is 12.2. The molecule has 20 heavy (non-hydrogen) atoms. The second-order valence-electron chi connectivity index (χ2n) is 4.81. The molecular weight excluding hydrogens is 266 g/mol. The van der Waals surface area contributed by atoms with E-state index < -0.39 is 22.2 Å². The van der Waals surface area contributed by atoms with E-state index in [1.54, 1.807) is 0 Å². The van der Waals surface area contributed by atoms with Gasteiger partial charge in [0.15, 0.2) is 17.3 Å². The van der Waals surface area contributed by atoms with E-state index in [2.05, 4.69) is 12.2 Å². The Kier molecular flexibility index (Phi) is 6.35. The number of hydrogen-bond acceptors (Lipinski definition) is 3. The number of hydrogen-bond donors (Lipinski definition) is 1. The average Bonchev–Trinajstić information content (AvgIpc) is 2.43. The molecule has 6 heteroatoms. The highest BCUT2D eigenvalue weighted by molar-refractivity contribution is 5.62. The summed E-state index contributed by atoms with van der Waals surface area (Å²) < 4.78 is 26.9. The second kappa shape index (κ2) is 7.77. The fraction of sp³-hybridized carbons (Fsp3) is 0.571. The molecule has 1 rings (SSSR count). The molecule has 1 N–H and O–H groups in total. The molecule has 0 bridgehead atoms. The number of unbranched alkanes of at least 4 members (excludes halogenated alkanes) is 1. The van der Waals surface area contributed by atoms with Gasteiger partial charge in [0, 0.05) is 12.6 Å². The van der Waals surface area contributed by atoms with E-state index in [9.17, 15) is 18.9 Å². The van der Waals surface area contributed by atoms with Gasteiger partial charge < -0.3 is 5.32 Å². The van der Waals surface area contributed by atoms with Gasteiger partial charge in [-0.2, -0.15) is 0 Å². The number of nitro benzene ring substituents is 1. The van der Waals surface area contributed by atoms with Crippen molar-refractivity contribution in [3.05, 3.63) is 33.9 Å². The van der Waals surface area contributed by atoms with E-state index in [0.29, 0.717) is 6.54 Å². The minimum Gasteiger partial charge on any atom is -0.377 e. The van der Waals surface area contributed by atoms with Crippen LogP contribution in [-0.4, -0.2) is 11.5 Å². The van der Waals surface area contributed by atoms with Crippen LogP contribution in [0.1, 0.15) is 39.5 Å². The van der Waals surface area contributed by atoms with E-state index in [1.165, 1.54) is 0 Å². The highest BCUT2D eigenvalue weighted by atomic mass is 19.2. The average molecular weight is 286 g/mol. The van der Waals surface area contributed by atoms with Crippen LogP contribution in [0.4, 0.5) is 20.2 Å². The first-order chi connectivity index (χ1) is 9.51. The quantitative estimate of drug-likeness (QED) is 0.565. The highest BCUT2D eigenvalue weighted by Crippen LogP contribution is 2.29. The molecule has 1 aromatic rings. The Balaban J connectivity index is 2.85. The monoisotopic (exact) mass is 286 g/mol. The van der Waals surface area contributed by atoms with Crippen molar-refractivity contribution in [3.63, 3.8) is 0 Å². The first-order valence-corrected chi connectivity index (χ1v) is 6.87. The van der Waals surface area contributed by atoms with Crippen LogP contribution in [0, 0.1) is 27.7 Å². The number of anilines is 1. The molecule has 0 heterocycles. The number of rotatable bonds is 8. The lowest BCUT2D eigenvalue weighted by atomic mass is 9.99. The largest absolute Gasteiger partial charge is 0.377 e. The molecule has 1 unspecified atom stereocenters. The number of nitrogens with zero attached hydrogens (tertiary/aromatic N) is 1. The predicted octanol–water partition coefficient (Wildman–Crippen LogP) is 4.50. The zero-order valence-electron chi connectivity index (χ0n) is 11.8. The fourth-order valence-electron chi connectivity index (χ4n) is 2.05. The molecule has 0 fully saturated rings. The molecule has 1 atom stereocenters. The molecule has 0 spiro atoms. The van der Waals surface area contributed by atoms with Crippen molar-refractivity contribution in [1.82, 2.24) is 0 Å². The second-order valence-corrected chi connectivity index (χ2v) is 4.81. The molecule has 0 aliphatic heterocycles. The number of benzene rings is 1. The van der Waals surface area contributed by atoms with Gasteiger partial charge in [0.05, 0.1) is 4.92 Å².